The molecule has 2 amide bonds. The Balaban J connectivity index is 1.41. The van der Waals surface area contributed by atoms with E-state index in [0.29, 0.717) is 49.8 Å². The highest BCUT2D eigenvalue weighted by atomic mass is 19.1. The van der Waals surface area contributed by atoms with Crippen LogP contribution in [0.1, 0.15) is 28.6 Å². The Morgan fingerprint density at radius 2 is 1.83 bits per heavy atom. The summed E-state index contributed by atoms with van der Waals surface area (Å²) in [5.74, 6) is -0.540. The van der Waals surface area contributed by atoms with E-state index in [1.165, 1.54) is 12.1 Å². The summed E-state index contributed by atoms with van der Waals surface area (Å²) in [7, 11) is 0. The van der Waals surface area contributed by atoms with Gasteiger partial charge in [-0.1, -0.05) is 18.7 Å². The Morgan fingerprint density at radius 3 is 2.50 bits per heavy atom. The SMILES string of the molecule is C=CC(=O)N1CCN(C2CCNc3c2nn(-c2ccc(Oc4ccccc4F)cc2)c3C(N)=O)CC1. The third kappa shape index (κ3) is 4.42. The van der Waals surface area contributed by atoms with Crippen LogP contribution in [0.5, 0.6) is 11.5 Å². The number of nitrogens with two attached hydrogens (primary N) is 1. The summed E-state index contributed by atoms with van der Waals surface area (Å²) in [5, 5.41) is 8.11. The van der Waals surface area contributed by atoms with Crippen LogP contribution in [0.25, 0.3) is 5.69 Å². The summed E-state index contributed by atoms with van der Waals surface area (Å²) in [4.78, 5) is 28.5. The van der Waals surface area contributed by atoms with Crippen LogP contribution in [0.3, 0.4) is 0 Å². The van der Waals surface area contributed by atoms with E-state index in [0.717, 1.165) is 12.1 Å². The Hall–Kier alpha value is -4.18. The van der Waals surface area contributed by atoms with Gasteiger partial charge in [-0.3, -0.25) is 14.5 Å². The zero-order valence-electron chi connectivity index (χ0n) is 19.7. The fourth-order valence-corrected chi connectivity index (χ4v) is 4.78. The number of carbonyl (C=O) groups is 2. The number of primary amides is 1. The second-order valence-electron chi connectivity index (χ2n) is 8.71. The van der Waals surface area contributed by atoms with E-state index in [9.17, 15) is 14.0 Å². The first-order valence-corrected chi connectivity index (χ1v) is 11.8. The van der Waals surface area contributed by atoms with Gasteiger partial charge in [0, 0.05) is 32.7 Å². The lowest BCUT2D eigenvalue weighted by Gasteiger charge is -2.40. The molecular weight excluding hydrogens is 463 g/mol. The Kier molecular flexibility index (Phi) is 6.43. The molecule has 1 unspecified atom stereocenters. The maximum absolute atomic E-state index is 13.9. The van der Waals surface area contributed by atoms with Crippen molar-refractivity contribution < 1.29 is 18.7 Å². The number of para-hydroxylation sites is 1. The van der Waals surface area contributed by atoms with Gasteiger partial charge in [0.25, 0.3) is 5.91 Å². The molecule has 0 radical (unpaired) electrons. The van der Waals surface area contributed by atoms with E-state index in [2.05, 4.69) is 16.8 Å². The number of hydrogen-bond acceptors (Lipinski definition) is 6. The number of benzene rings is 2. The first-order valence-electron chi connectivity index (χ1n) is 11.8. The number of carbonyl (C=O) groups excluding carboxylic acids is 2. The largest absolute Gasteiger partial charge is 0.454 e. The molecule has 36 heavy (non-hydrogen) atoms. The van der Waals surface area contributed by atoms with Gasteiger partial charge in [-0.2, -0.15) is 5.10 Å². The summed E-state index contributed by atoms with van der Waals surface area (Å²) >= 11 is 0. The molecule has 3 N–H and O–H groups in total. The molecule has 0 aliphatic carbocycles. The summed E-state index contributed by atoms with van der Waals surface area (Å²) < 4.78 is 21.1. The van der Waals surface area contributed by atoms with Crippen molar-refractivity contribution in [1.82, 2.24) is 19.6 Å². The van der Waals surface area contributed by atoms with Gasteiger partial charge in [0.15, 0.2) is 17.3 Å². The average Bonchev–Trinajstić information content (AvgIpc) is 3.30. The molecule has 9 nitrogen and oxygen atoms in total. The molecule has 2 aliphatic heterocycles. The molecule has 2 aromatic carbocycles. The number of halogens is 1. The third-order valence-electron chi connectivity index (χ3n) is 6.57. The van der Waals surface area contributed by atoms with Crippen molar-refractivity contribution in [2.45, 2.75) is 12.5 Å². The standard InChI is InChI=1S/C26H27FN6O3/c1-2-22(34)32-15-13-31(14-16-32)20-11-12-29-24-23(20)30-33(25(24)26(28)35)17-7-9-18(10-8-17)36-21-6-4-3-5-19(21)27/h2-10,20,29H,1,11-16H2,(H2,28,35). The second-order valence-corrected chi connectivity index (χ2v) is 8.71. The highest BCUT2D eigenvalue weighted by Gasteiger charge is 2.35. The van der Waals surface area contributed by atoms with Gasteiger partial charge < -0.3 is 20.7 Å². The van der Waals surface area contributed by atoms with Crippen LogP contribution < -0.4 is 15.8 Å². The Morgan fingerprint density at radius 1 is 1.11 bits per heavy atom. The van der Waals surface area contributed by atoms with Gasteiger partial charge in [0.2, 0.25) is 5.91 Å². The van der Waals surface area contributed by atoms with Crippen molar-refractivity contribution in [2.75, 3.05) is 38.0 Å². The first kappa shape index (κ1) is 23.6. The van der Waals surface area contributed by atoms with Crippen LogP contribution >= 0.6 is 0 Å². The third-order valence-corrected chi connectivity index (χ3v) is 6.57. The zero-order chi connectivity index (χ0) is 25.2. The zero-order valence-corrected chi connectivity index (χ0v) is 19.7. The molecule has 2 aliphatic rings. The van der Waals surface area contributed by atoms with Crippen LogP contribution in [-0.2, 0) is 4.79 Å². The minimum Gasteiger partial charge on any atom is -0.454 e. The predicted molar refractivity (Wildman–Crippen MR) is 133 cm³/mol. The lowest BCUT2D eigenvalue weighted by Crippen LogP contribution is -2.50. The smallest absolute Gasteiger partial charge is 0.269 e. The summed E-state index contributed by atoms with van der Waals surface area (Å²) in [6, 6.07) is 13.0. The lowest BCUT2D eigenvalue weighted by molar-refractivity contribution is -0.128. The highest BCUT2D eigenvalue weighted by molar-refractivity contribution is 5.98. The molecule has 5 rings (SSSR count). The monoisotopic (exact) mass is 490 g/mol. The number of anilines is 1. The molecule has 1 fully saturated rings. The van der Waals surface area contributed by atoms with E-state index >= 15 is 0 Å². The van der Waals surface area contributed by atoms with Gasteiger partial charge in [-0.05, 0) is 48.9 Å². The van der Waals surface area contributed by atoms with Gasteiger partial charge >= 0.3 is 0 Å². The Labute approximate surface area is 207 Å². The van der Waals surface area contributed by atoms with Gasteiger partial charge in [-0.25, -0.2) is 9.07 Å². The topological polar surface area (TPSA) is 106 Å². The minimum absolute atomic E-state index is 0.00903. The molecule has 1 atom stereocenters. The average molecular weight is 491 g/mol. The first-order chi connectivity index (χ1) is 17.5. The number of piperazine rings is 1. The maximum Gasteiger partial charge on any atom is 0.269 e. The molecule has 3 heterocycles. The molecule has 3 aromatic rings. The summed E-state index contributed by atoms with van der Waals surface area (Å²) in [6.07, 6.45) is 2.15. The van der Waals surface area contributed by atoms with E-state index < -0.39 is 11.7 Å². The fourth-order valence-electron chi connectivity index (χ4n) is 4.78. The van der Waals surface area contributed by atoms with Crippen molar-refractivity contribution in [3.8, 4) is 17.2 Å². The summed E-state index contributed by atoms with van der Waals surface area (Å²) in [6.45, 7) is 6.85. The molecule has 186 valence electrons. The predicted octanol–water partition coefficient (Wildman–Crippen LogP) is 3.09. The molecule has 1 saturated heterocycles. The second kappa shape index (κ2) is 9.82. The molecule has 0 saturated carbocycles. The van der Waals surface area contributed by atoms with Gasteiger partial charge in [0.05, 0.1) is 17.4 Å². The van der Waals surface area contributed by atoms with Crippen molar-refractivity contribution in [3.63, 3.8) is 0 Å². The number of hydrogen-bond donors (Lipinski definition) is 2. The fraction of sp³-hybridized carbons (Fsp3) is 0.269. The van der Waals surface area contributed by atoms with E-state index in [1.807, 2.05) is 0 Å². The van der Waals surface area contributed by atoms with Crippen LogP contribution in [0.15, 0.2) is 61.2 Å². The van der Waals surface area contributed by atoms with Crippen molar-refractivity contribution >= 4 is 17.5 Å². The molecular formula is C26H27FN6O3. The molecule has 0 spiro atoms. The van der Waals surface area contributed by atoms with Gasteiger partial charge in [0.1, 0.15) is 11.4 Å². The number of fused-ring (bicyclic) bond motifs is 1. The van der Waals surface area contributed by atoms with Crippen LogP contribution in [0.4, 0.5) is 10.1 Å². The number of nitrogens with one attached hydrogen (secondary N) is 1. The molecule has 1 aromatic heterocycles. The van der Waals surface area contributed by atoms with Crippen LogP contribution in [0, 0.1) is 5.82 Å². The van der Waals surface area contributed by atoms with Crippen molar-refractivity contribution in [2.24, 2.45) is 5.73 Å². The van der Waals surface area contributed by atoms with Crippen LogP contribution in [-0.4, -0.2) is 64.1 Å². The van der Waals surface area contributed by atoms with E-state index in [1.54, 1.807) is 52.0 Å². The summed E-state index contributed by atoms with van der Waals surface area (Å²) in [5.41, 5.74) is 8.08. The Bertz CT molecular complexity index is 1300. The maximum atomic E-state index is 13.9. The number of amides is 2. The molecule has 10 heteroatoms. The number of ether oxygens (including phenoxy) is 1. The highest BCUT2D eigenvalue weighted by Crippen LogP contribution is 2.37. The number of rotatable bonds is 6. The normalized spacial score (nSPS) is 17.7. The number of nitrogens with zero attached hydrogens (tertiary/aromatic N) is 4. The van der Waals surface area contributed by atoms with Crippen molar-refractivity contribution in [1.29, 1.82) is 0 Å². The van der Waals surface area contributed by atoms with Crippen LogP contribution in [0.2, 0.25) is 0 Å². The minimum atomic E-state index is -0.593. The van der Waals surface area contributed by atoms with E-state index in [-0.39, 0.29) is 23.4 Å². The number of aromatic nitrogens is 2. The van der Waals surface area contributed by atoms with Crippen molar-refractivity contribution in [3.05, 3.63) is 78.4 Å². The van der Waals surface area contributed by atoms with E-state index in [4.69, 9.17) is 15.6 Å². The lowest BCUT2D eigenvalue weighted by atomic mass is 10.0. The quantitative estimate of drug-likeness (QED) is 0.515. The van der Waals surface area contributed by atoms with Gasteiger partial charge in [-0.15, -0.1) is 0 Å². The molecule has 0 bridgehead atoms.